The molecule has 0 unspecified atom stereocenters. The number of carbonyl (C=O) groups is 1. The van der Waals surface area contributed by atoms with E-state index in [1.807, 2.05) is 36.5 Å². The number of aromatic nitrogens is 4. The van der Waals surface area contributed by atoms with Gasteiger partial charge in [-0.3, -0.25) is 9.78 Å². The number of aliphatic hydroxyl groups excluding tert-OH is 1. The Morgan fingerprint density at radius 2 is 1.70 bits per heavy atom. The highest BCUT2D eigenvalue weighted by atomic mass is 19.4. The van der Waals surface area contributed by atoms with Gasteiger partial charge >= 0.3 is 12.2 Å². The van der Waals surface area contributed by atoms with Crippen LogP contribution in [0.2, 0.25) is 0 Å². The van der Waals surface area contributed by atoms with Crippen molar-refractivity contribution in [3.05, 3.63) is 84.7 Å². The Morgan fingerprint density at radius 1 is 0.946 bits per heavy atom. The van der Waals surface area contributed by atoms with Crippen LogP contribution in [0.4, 0.5) is 29.3 Å². The fourth-order valence-corrected chi connectivity index (χ4v) is 3.94. The van der Waals surface area contributed by atoms with Crippen molar-refractivity contribution in [2.24, 2.45) is 0 Å². The van der Waals surface area contributed by atoms with E-state index in [-0.39, 0.29) is 12.3 Å². The Morgan fingerprint density at radius 3 is 2.46 bits per heavy atom. The second kappa shape index (κ2) is 9.78. The summed E-state index contributed by atoms with van der Waals surface area (Å²) < 4.78 is 40.3. The Hall–Kier alpha value is -4.64. The predicted molar refractivity (Wildman–Crippen MR) is 134 cm³/mol. The first-order valence-corrected chi connectivity index (χ1v) is 11.3. The third kappa shape index (κ3) is 5.31. The van der Waals surface area contributed by atoms with E-state index >= 15 is 0 Å². The molecule has 5 aromatic rings. The Labute approximate surface area is 208 Å². The molecule has 0 saturated carbocycles. The van der Waals surface area contributed by atoms with Crippen LogP contribution in [-0.4, -0.2) is 37.7 Å². The zero-order valence-corrected chi connectivity index (χ0v) is 19.3. The van der Waals surface area contributed by atoms with Crippen LogP contribution in [0.25, 0.3) is 33.3 Å². The first kappa shape index (κ1) is 24.1. The molecule has 0 saturated heterocycles. The molecule has 2 aromatic heterocycles. The average Bonchev–Trinajstić information content (AvgIpc) is 3.51. The highest BCUT2D eigenvalue weighted by Gasteiger charge is 2.30. The van der Waals surface area contributed by atoms with Crippen molar-refractivity contribution in [2.75, 3.05) is 17.2 Å². The van der Waals surface area contributed by atoms with Gasteiger partial charge in [0.15, 0.2) is 0 Å². The van der Waals surface area contributed by atoms with Gasteiger partial charge in [0.05, 0.1) is 30.4 Å². The van der Waals surface area contributed by atoms with Crippen LogP contribution < -0.4 is 10.6 Å². The van der Waals surface area contributed by atoms with Gasteiger partial charge in [0, 0.05) is 28.5 Å². The second-order valence-corrected chi connectivity index (χ2v) is 8.28. The fraction of sp³-hybridized carbons (Fsp3) is 0.115. The van der Waals surface area contributed by atoms with E-state index in [1.165, 1.54) is 12.1 Å². The standard InChI is InChI=1S/C26H21F3N6O2/c27-26(28,29)19-2-1-3-21(13-19)32-25(37)31-20-7-4-16(5-8-20)17-6-9-22-23(12-17)33-34-24(22)18-14-30-35(15-18)10-11-36/h1-9,12-15,36H,10-11H2,(H,33,34)(H2,31,32,37). The molecule has 0 atom stereocenters. The lowest BCUT2D eigenvalue weighted by Gasteiger charge is -2.11. The molecular formula is C26H21F3N6O2. The molecule has 188 valence electrons. The van der Waals surface area contributed by atoms with E-state index in [0.29, 0.717) is 12.2 Å². The summed E-state index contributed by atoms with van der Waals surface area (Å²) in [6, 6.07) is 16.7. The van der Waals surface area contributed by atoms with Gasteiger partial charge in [-0.15, -0.1) is 0 Å². The van der Waals surface area contributed by atoms with Crippen molar-refractivity contribution < 1.29 is 23.1 Å². The molecule has 4 N–H and O–H groups in total. The monoisotopic (exact) mass is 506 g/mol. The number of halogens is 3. The molecule has 0 aliphatic carbocycles. The number of rotatable bonds is 6. The third-order valence-corrected chi connectivity index (χ3v) is 5.72. The van der Waals surface area contributed by atoms with Crippen LogP contribution >= 0.6 is 0 Å². The highest BCUT2D eigenvalue weighted by molar-refractivity contribution is 6.00. The number of aromatic amines is 1. The number of carbonyl (C=O) groups excluding carboxylic acids is 1. The van der Waals surface area contributed by atoms with Crippen LogP contribution in [0.3, 0.4) is 0 Å². The number of urea groups is 1. The number of nitrogens with one attached hydrogen (secondary N) is 3. The number of amides is 2. The van der Waals surface area contributed by atoms with Crippen molar-refractivity contribution in [1.82, 2.24) is 20.0 Å². The number of alkyl halides is 3. The van der Waals surface area contributed by atoms with Gasteiger partial charge in [-0.2, -0.15) is 23.4 Å². The zero-order chi connectivity index (χ0) is 26.0. The number of benzene rings is 3. The lowest BCUT2D eigenvalue weighted by molar-refractivity contribution is -0.137. The minimum atomic E-state index is -4.49. The SMILES string of the molecule is O=C(Nc1ccc(-c2ccc3c(-c4cnn(CCO)c4)n[nH]c3c2)cc1)Nc1cccc(C(F)(F)F)c1. The molecule has 11 heteroatoms. The molecule has 3 aromatic carbocycles. The molecule has 0 radical (unpaired) electrons. The minimum Gasteiger partial charge on any atom is -0.394 e. The van der Waals surface area contributed by atoms with Crippen LogP contribution in [0.15, 0.2) is 79.1 Å². The summed E-state index contributed by atoms with van der Waals surface area (Å²) >= 11 is 0. The van der Waals surface area contributed by atoms with E-state index in [9.17, 15) is 18.0 Å². The third-order valence-electron chi connectivity index (χ3n) is 5.72. The summed E-state index contributed by atoms with van der Waals surface area (Å²) in [6.45, 7) is 0.408. The van der Waals surface area contributed by atoms with Crippen LogP contribution in [-0.2, 0) is 12.7 Å². The van der Waals surface area contributed by atoms with Gasteiger partial charge in [-0.1, -0.05) is 24.3 Å². The zero-order valence-electron chi connectivity index (χ0n) is 19.3. The van der Waals surface area contributed by atoms with E-state index in [1.54, 1.807) is 23.0 Å². The Kier molecular flexibility index (Phi) is 6.36. The van der Waals surface area contributed by atoms with Crippen molar-refractivity contribution in [2.45, 2.75) is 12.7 Å². The number of hydrogen-bond acceptors (Lipinski definition) is 4. The Balaban J connectivity index is 1.27. The summed E-state index contributed by atoms with van der Waals surface area (Å²) in [7, 11) is 0. The number of hydrogen-bond donors (Lipinski definition) is 4. The lowest BCUT2D eigenvalue weighted by atomic mass is 10.0. The van der Waals surface area contributed by atoms with Crippen molar-refractivity contribution in [3.63, 3.8) is 0 Å². The van der Waals surface area contributed by atoms with Crippen LogP contribution in [0, 0.1) is 0 Å². The maximum atomic E-state index is 12.9. The maximum Gasteiger partial charge on any atom is 0.416 e. The summed E-state index contributed by atoms with van der Waals surface area (Å²) in [4.78, 5) is 12.3. The van der Waals surface area contributed by atoms with Gasteiger partial charge in [0.2, 0.25) is 0 Å². The molecule has 0 fully saturated rings. The summed E-state index contributed by atoms with van der Waals surface area (Å²) in [6.07, 6.45) is -0.961. The second-order valence-electron chi connectivity index (χ2n) is 8.28. The number of fused-ring (bicyclic) bond motifs is 1. The summed E-state index contributed by atoms with van der Waals surface area (Å²) in [5.41, 5.74) is 3.95. The maximum absolute atomic E-state index is 12.9. The lowest BCUT2D eigenvalue weighted by Crippen LogP contribution is -2.19. The van der Waals surface area contributed by atoms with Crippen LogP contribution in [0.5, 0.6) is 0 Å². The molecule has 5 rings (SSSR count). The number of H-pyrrole nitrogens is 1. The van der Waals surface area contributed by atoms with Gasteiger partial charge in [-0.05, 0) is 53.6 Å². The molecular weight excluding hydrogens is 485 g/mol. The minimum absolute atomic E-state index is 0.000597. The first-order valence-electron chi connectivity index (χ1n) is 11.3. The first-order chi connectivity index (χ1) is 17.8. The average molecular weight is 506 g/mol. The predicted octanol–water partition coefficient (Wildman–Crippen LogP) is 5.75. The molecule has 2 heterocycles. The number of nitrogens with zero attached hydrogens (tertiary/aromatic N) is 3. The molecule has 2 amide bonds. The summed E-state index contributed by atoms with van der Waals surface area (Å²) in [5.74, 6) is 0. The normalized spacial score (nSPS) is 11.6. The van der Waals surface area contributed by atoms with Crippen molar-refractivity contribution in [3.8, 4) is 22.4 Å². The van der Waals surface area contributed by atoms with E-state index in [0.717, 1.165) is 45.4 Å². The highest BCUT2D eigenvalue weighted by Crippen LogP contribution is 2.32. The molecule has 37 heavy (non-hydrogen) atoms. The van der Waals surface area contributed by atoms with Crippen LogP contribution in [0.1, 0.15) is 5.56 Å². The topological polar surface area (TPSA) is 108 Å². The van der Waals surface area contributed by atoms with E-state index < -0.39 is 17.8 Å². The molecule has 0 bridgehead atoms. The van der Waals surface area contributed by atoms with Crippen molar-refractivity contribution >= 4 is 28.3 Å². The molecule has 0 aliphatic rings. The van der Waals surface area contributed by atoms with Gasteiger partial charge in [-0.25, -0.2) is 4.79 Å². The summed E-state index contributed by atoms with van der Waals surface area (Å²) in [5, 5.41) is 26.7. The Bertz CT molecular complexity index is 1560. The van der Waals surface area contributed by atoms with Gasteiger partial charge in [0.25, 0.3) is 0 Å². The van der Waals surface area contributed by atoms with Gasteiger partial charge in [0.1, 0.15) is 5.69 Å². The molecule has 0 spiro atoms. The fourth-order valence-electron chi connectivity index (χ4n) is 3.94. The van der Waals surface area contributed by atoms with E-state index in [4.69, 9.17) is 5.11 Å². The molecule has 8 nitrogen and oxygen atoms in total. The largest absolute Gasteiger partial charge is 0.416 e. The number of anilines is 2. The van der Waals surface area contributed by atoms with Gasteiger partial charge < -0.3 is 15.7 Å². The van der Waals surface area contributed by atoms with E-state index in [2.05, 4.69) is 25.9 Å². The quantitative estimate of drug-likeness (QED) is 0.235. The number of aliphatic hydroxyl groups is 1. The molecule has 0 aliphatic heterocycles. The van der Waals surface area contributed by atoms with Crippen molar-refractivity contribution in [1.29, 1.82) is 0 Å². The smallest absolute Gasteiger partial charge is 0.394 e.